The number of aryl methyl sites for hydroxylation is 1. The van der Waals surface area contributed by atoms with E-state index < -0.39 is 91.3 Å². The van der Waals surface area contributed by atoms with Gasteiger partial charge in [0.05, 0.1) is 47.2 Å². The van der Waals surface area contributed by atoms with E-state index in [9.17, 15) is 46.0 Å². The third kappa shape index (κ3) is 7.56. The van der Waals surface area contributed by atoms with Crippen molar-refractivity contribution in [2.24, 2.45) is 85.8 Å². The van der Waals surface area contributed by atoms with Gasteiger partial charge in [-0.05, 0) is 185 Å². The molecule has 6 heterocycles. The van der Waals surface area contributed by atoms with Crippen LogP contribution in [0.1, 0.15) is 136 Å². The van der Waals surface area contributed by atoms with Crippen LogP contribution in [0.2, 0.25) is 0 Å². The molecule has 1 aromatic carbocycles. The number of phenols is 1. The Kier molecular flexibility index (Phi) is 14.2. The average Bonchev–Trinajstić information content (AvgIpc) is 1.93. The first-order chi connectivity index (χ1) is 38.7. The second-order valence-electron chi connectivity index (χ2n) is 28.6. The molecule has 6 saturated carbocycles. The van der Waals surface area contributed by atoms with Crippen LogP contribution in [-0.4, -0.2) is 140 Å². The van der Waals surface area contributed by atoms with Crippen molar-refractivity contribution in [3.05, 3.63) is 66.3 Å². The van der Waals surface area contributed by atoms with Crippen molar-refractivity contribution in [3.63, 3.8) is 0 Å². The fraction of sp³-hybridized carbons (Fsp3) is 0.766. The smallest absolute Gasteiger partial charge is 0.234 e. The summed E-state index contributed by atoms with van der Waals surface area (Å²) < 4.78 is 8.65. The van der Waals surface area contributed by atoms with E-state index in [4.69, 9.17) is 4.74 Å². The van der Waals surface area contributed by atoms with E-state index in [1.807, 2.05) is 16.8 Å². The zero-order valence-corrected chi connectivity index (χ0v) is 49.5. The monoisotopic (exact) mass is 1160 g/mol. The Morgan fingerprint density at radius 3 is 2.48 bits per heavy atom. The van der Waals surface area contributed by atoms with Crippen molar-refractivity contribution in [2.75, 3.05) is 30.4 Å². The first kappa shape index (κ1) is 57.3. The zero-order valence-electron chi connectivity index (χ0n) is 47.8. The van der Waals surface area contributed by atoms with Crippen LogP contribution < -0.4 is 4.90 Å². The van der Waals surface area contributed by atoms with E-state index >= 15 is 9.59 Å². The predicted molar refractivity (Wildman–Crippen MR) is 308 cm³/mol. The summed E-state index contributed by atoms with van der Waals surface area (Å²) in [5.74, 6) is -2.33. The highest BCUT2D eigenvalue weighted by atomic mass is 33.1. The Hall–Kier alpha value is -2.81. The van der Waals surface area contributed by atoms with E-state index in [-0.39, 0.29) is 85.7 Å². The highest BCUT2D eigenvalue weighted by Gasteiger charge is 2.82. The van der Waals surface area contributed by atoms with Gasteiger partial charge in [-0.1, -0.05) is 67.9 Å². The number of nitrogens with zero attached hydrogens (tertiary/aromatic N) is 3. The molecule has 2 aromatic rings. The number of anilines is 1. The fourth-order valence-corrected chi connectivity index (χ4v) is 25.0. The number of aliphatic hydroxyl groups excluding tert-OH is 6. The summed E-state index contributed by atoms with van der Waals surface area (Å²) in [6.45, 7) is 9.09. The maximum Gasteiger partial charge on any atom is 0.234 e. The lowest BCUT2D eigenvalue weighted by molar-refractivity contribution is -0.263. The Balaban J connectivity index is 1.02. The van der Waals surface area contributed by atoms with Crippen molar-refractivity contribution in [1.29, 1.82) is 0 Å². The summed E-state index contributed by atoms with van der Waals surface area (Å²) >= 11 is 0. The fourth-order valence-electron chi connectivity index (χ4n) is 22.0. The van der Waals surface area contributed by atoms with E-state index in [2.05, 4.69) is 44.8 Å². The first-order valence-corrected chi connectivity index (χ1v) is 33.4. The number of amides is 1. The van der Waals surface area contributed by atoms with Crippen molar-refractivity contribution >= 4 is 39.0 Å². The molecule has 1 amide bonds. The molecular formula is C64H89N3O12S2. The molecule has 5 spiro atoms. The van der Waals surface area contributed by atoms with Crippen LogP contribution in [0.15, 0.2) is 60.7 Å². The minimum atomic E-state index is -1.68. The van der Waals surface area contributed by atoms with Gasteiger partial charge in [0.2, 0.25) is 5.91 Å². The second-order valence-corrected chi connectivity index (χ2v) is 31.1. The Bertz CT molecular complexity index is 2840. The summed E-state index contributed by atoms with van der Waals surface area (Å²) in [5.41, 5.74) is -10.0. The lowest BCUT2D eigenvalue weighted by atomic mass is 9.33. The summed E-state index contributed by atoms with van der Waals surface area (Å²) in [5, 5.41) is 114. The Labute approximate surface area is 485 Å². The summed E-state index contributed by atoms with van der Waals surface area (Å²) in [6, 6.07) is 5.33. The molecule has 22 atom stereocenters. The number of hydrogen-bond acceptors (Lipinski definition) is 15. The molecule has 1 aromatic heterocycles. The number of aromatic nitrogens is 2. The van der Waals surface area contributed by atoms with Crippen LogP contribution in [-0.2, 0) is 27.3 Å². The number of imidazole rings is 1. The number of aromatic hydroxyl groups is 1. The summed E-state index contributed by atoms with van der Waals surface area (Å²) in [6.07, 6.45) is 14.8. The predicted octanol–water partition coefficient (Wildman–Crippen LogP) is 7.13. The number of phenolic OH excluding ortho intramolecular Hbond substituents is 1. The van der Waals surface area contributed by atoms with Crippen molar-refractivity contribution in [3.8, 4) is 5.75 Å². The molecule has 15 rings (SSSR count). The van der Waals surface area contributed by atoms with E-state index in [1.165, 1.54) is 21.6 Å². The van der Waals surface area contributed by atoms with Crippen molar-refractivity contribution in [1.82, 2.24) is 9.55 Å². The molecule has 8 aliphatic carbocycles. The highest BCUT2D eigenvalue weighted by molar-refractivity contribution is 8.76. The van der Waals surface area contributed by atoms with Gasteiger partial charge in [0.25, 0.3) is 0 Å². The molecule has 13 aliphatic rings. The van der Waals surface area contributed by atoms with Gasteiger partial charge in [0.1, 0.15) is 22.9 Å². The summed E-state index contributed by atoms with van der Waals surface area (Å²) in [7, 11) is 2.59. The first-order valence-electron chi connectivity index (χ1n) is 31.1. The Morgan fingerprint density at radius 2 is 1.73 bits per heavy atom. The van der Waals surface area contributed by atoms with Crippen molar-refractivity contribution < 1.29 is 60.3 Å². The number of benzene rings is 1. The molecule has 0 radical (unpaired) electrons. The number of carbonyl (C=O) groups is 2. The normalized spacial score (nSPS) is 48.4. The van der Waals surface area contributed by atoms with Crippen molar-refractivity contribution in [2.45, 2.75) is 191 Å². The number of epoxide rings is 1. The maximum absolute atomic E-state index is 16.5. The average molecular weight is 1160 g/mol. The topological polar surface area (TPSA) is 250 Å². The van der Waals surface area contributed by atoms with Gasteiger partial charge < -0.3 is 60.2 Å². The van der Waals surface area contributed by atoms with Crippen LogP contribution in [0.25, 0.3) is 0 Å². The van der Waals surface area contributed by atoms with Gasteiger partial charge in [0, 0.05) is 78.4 Å². The maximum atomic E-state index is 16.5. The second kappa shape index (κ2) is 20.1. The van der Waals surface area contributed by atoms with Gasteiger partial charge in [-0.15, -0.1) is 0 Å². The van der Waals surface area contributed by atoms with Crippen LogP contribution in [0.5, 0.6) is 5.75 Å². The summed E-state index contributed by atoms with van der Waals surface area (Å²) in [4.78, 5) is 38.9. The molecule has 17 heteroatoms. The largest absolute Gasteiger partial charge is 0.508 e. The number of ketones is 1. The molecule has 8 fully saturated rings. The van der Waals surface area contributed by atoms with Crippen LogP contribution in [0.4, 0.5) is 5.69 Å². The third-order valence-corrected chi connectivity index (χ3v) is 28.5. The number of rotatable bonds is 9. The number of allylic oxidation sites excluding steroid dienone is 2. The lowest BCUT2D eigenvalue weighted by Gasteiger charge is -2.72. The number of aliphatic hydroxyl groups is 8. The number of ether oxygens (including phenoxy) is 1. The molecule has 2 saturated heterocycles. The van der Waals surface area contributed by atoms with Gasteiger partial charge in [0.15, 0.2) is 5.78 Å². The van der Waals surface area contributed by atoms with Gasteiger partial charge in [-0.2, -0.15) is 0 Å². The molecule has 5 aliphatic heterocycles. The quantitative estimate of drug-likeness (QED) is 0.0688. The van der Waals surface area contributed by atoms with Gasteiger partial charge in [-0.3, -0.25) is 9.59 Å². The van der Waals surface area contributed by atoms with E-state index in [0.717, 1.165) is 12.0 Å². The van der Waals surface area contributed by atoms with Crippen LogP contribution in [0, 0.1) is 85.8 Å². The standard InChI is InChI=1S/C64H89N3O12S2/c1-36(2)37(3)51-54(79-51)62(77)16-6-11-41-26-46-47-28-50(72)61(30-48(71)53(74)58(57(46,61)4)17-12-39(29-58)31-66-22-21-65-35-66)56(76)81-80-33-43-10-5-9-42(32-69)64(43)55(75)67(34-59(64)18-14-40(52(59)73)8-7-23-68)44-24-38(25-45(70)27-44)13-19-60(41)49(62)15-20-63(47,60)78/h6,11,21-22,24-25,27-28,35-37,39-43,46,48-49,51-54,56,68-71,73-74,76-78H,5,7-10,12-20,23,26,29-34H2,1-4H3/t37-,39+,40-,41-,42-,43+,46+,48-,49+,51+,52-,53-,54-,56+,57+,58+,59-,60-,61+,62-,63-,64-/m1/s1. The van der Waals surface area contributed by atoms with E-state index in [0.29, 0.717) is 119 Å². The zero-order chi connectivity index (χ0) is 57.0. The number of hydrogen-bond donors (Lipinski definition) is 9. The van der Waals surface area contributed by atoms with E-state index in [1.54, 1.807) is 35.6 Å². The molecule has 9 N–H and O–H groups in total. The van der Waals surface area contributed by atoms with Crippen LogP contribution >= 0.6 is 21.6 Å². The lowest BCUT2D eigenvalue weighted by Crippen LogP contribution is -2.75. The van der Waals surface area contributed by atoms with Gasteiger partial charge >= 0.3 is 0 Å². The minimum absolute atomic E-state index is 0.0252. The molecule has 444 valence electrons. The third-order valence-electron chi connectivity index (χ3n) is 25.9. The molecule has 15 nitrogen and oxygen atoms in total. The van der Waals surface area contributed by atoms with Gasteiger partial charge in [-0.25, -0.2) is 4.98 Å². The number of carbonyl (C=O) groups excluding carboxylic acids is 2. The SMILES string of the molecule is CC(C)[C@@H](C)[C@@H]1O[C@H]1[C@@]1(O)CC=C[C@@H]2C[C@H]3C4=CC(=O)[C@@]5(C[C@@H](O)[C@@H](O)[C@@]6(CC[C@H](Cn7ccnc7)C6)[C@]35C)[C@@H](O)SSC[C@@H]3CCC[C@H](CO)[C@]35C(=O)N(C[C@@]53CC[C@@H](CCCO)[C@H]3O)c3cc(O)cc(c3)CC[C@]23[C@@H]1CC[C@@]43O. The number of fused-ring (bicyclic) bond motifs is 1. The molecular weight excluding hydrogens is 1070 g/mol. The highest BCUT2D eigenvalue weighted by Crippen LogP contribution is 2.81. The minimum Gasteiger partial charge on any atom is -0.508 e. The molecule has 0 unspecified atom stereocenters. The molecule has 8 bridgehead atoms. The molecule has 81 heavy (non-hydrogen) atoms. The van der Waals surface area contributed by atoms with Crippen LogP contribution in [0.3, 0.4) is 0 Å². The Morgan fingerprint density at radius 1 is 0.926 bits per heavy atom.